The first-order valence-electron chi connectivity index (χ1n) is 6.31. The van der Waals surface area contributed by atoms with E-state index in [9.17, 15) is 9.59 Å². The van der Waals surface area contributed by atoms with Gasteiger partial charge in [-0.1, -0.05) is 41.9 Å². The number of benzene rings is 1. The topological polar surface area (TPSA) is 78.4 Å². The monoisotopic (exact) mass is 342 g/mol. The summed E-state index contributed by atoms with van der Waals surface area (Å²) in [5.41, 5.74) is 0.914. The first-order valence-corrected chi connectivity index (χ1v) is 7.10. The van der Waals surface area contributed by atoms with Crippen molar-refractivity contribution in [2.24, 2.45) is 0 Å². The molecular formula is C14H19BrN2O3. The van der Waals surface area contributed by atoms with Crippen LogP contribution >= 0.6 is 15.9 Å². The molecular weight excluding hydrogens is 324 g/mol. The van der Waals surface area contributed by atoms with Gasteiger partial charge >= 0.3 is 12.0 Å². The van der Waals surface area contributed by atoms with Gasteiger partial charge in [0, 0.05) is 23.0 Å². The molecule has 1 aromatic carbocycles. The molecule has 3 N–H and O–H groups in total. The van der Waals surface area contributed by atoms with Gasteiger partial charge in [-0.25, -0.2) is 4.79 Å². The van der Waals surface area contributed by atoms with Gasteiger partial charge in [-0.3, -0.25) is 4.79 Å². The van der Waals surface area contributed by atoms with Gasteiger partial charge < -0.3 is 15.7 Å². The number of amides is 2. The number of aliphatic carboxylic acids is 1. The molecule has 0 aliphatic rings. The Labute approximate surface area is 126 Å². The molecule has 1 aromatic rings. The summed E-state index contributed by atoms with van der Waals surface area (Å²) < 4.78 is 1.01. The van der Waals surface area contributed by atoms with Gasteiger partial charge in [0.1, 0.15) is 0 Å². The Bertz CT molecular complexity index is 472. The van der Waals surface area contributed by atoms with E-state index in [0.29, 0.717) is 6.54 Å². The van der Waals surface area contributed by atoms with E-state index in [2.05, 4.69) is 26.6 Å². The Kier molecular flexibility index (Phi) is 6.01. The third-order valence-corrected chi connectivity index (χ3v) is 3.47. The quantitative estimate of drug-likeness (QED) is 0.743. The van der Waals surface area contributed by atoms with E-state index in [0.717, 1.165) is 10.0 Å². The fourth-order valence-electron chi connectivity index (χ4n) is 1.65. The van der Waals surface area contributed by atoms with Crippen molar-refractivity contribution in [1.82, 2.24) is 10.6 Å². The maximum atomic E-state index is 11.5. The average Bonchev–Trinajstić information content (AvgIpc) is 2.36. The lowest BCUT2D eigenvalue weighted by molar-refractivity contribution is -0.136. The molecule has 0 saturated heterocycles. The molecule has 0 radical (unpaired) electrons. The van der Waals surface area contributed by atoms with Crippen LogP contribution in [0.2, 0.25) is 0 Å². The smallest absolute Gasteiger partial charge is 0.314 e. The normalized spacial score (nSPS) is 10.9. The van der Waals surface area contributed by atoms with Gasteiger partial charge in [0.2, 0.25) is 0 Å². The number of rotatable bonds is 6. The van der Waals surface area contributed by atoms with E-state index in [4.69, 9.17) is 5.11 Å². The second-order valence-corrected chi connectivity index (χ2v) is 6.06. The number of carbonyl (C=O) groups excluding carboxylic acids is 1. The molecule has 110 valence electrons. The Morgan fingerprint density at radius 1 is 1.20 bits per heavy atom. The lowest BCUT2D eigenvalue weighted by atomic mass is 9.85. The summed E-state index contributed by atoms with van der Waals surface area (Å²) in [5, 5.41) is 13.7. The number of hydrogen-bond donors (Lipinski definition) is 3. The molecule has 0 bridgehead atoms. The highest BCUT2D eigenvalue weighted by molar-refractivity contribution is 9.10. The number of nitrogens with one attached hydrogen (secondary N) is 2. The van der Waals surface area contributed by atoms with E-state index in [1.807, 2.05) is 38.1 Å². The lowest BCUT2D eigenvalue weighted by Gasteiger charge is -2.25. The standard InChI is InChI=1S/C14H19BrN2O3/c1-14(2,10-3-5-11(15)6-4-10)9-17-13(20)16-8-7-12(18)19/h3-6H,7-9H2,1-2H3,(H,18,19)(H2,16,17,20). The van der Waals surface area contributed by atoms with Crippen LogP contribution in [-0.4, -0.2) is 30.2 Å². The summed E-state index contributed by atoms with van der Waals surface area (Å²) in [7, 11) is 0. The molecule has 20 heavy (non-hydrogen) atoms. The van der Waals surface area contributed by atoms with Crippen LogP contribution in [0.25, 0.3) is 0 Å². The van der Waals surface area contributed by atoms with Crippen LogP contribution in [0.1, 0.15) is 25.8 Å². The predicted molar refractivity (Wildman–Crippen MR) is 80.8 cm³/mol. The van der Waals surface area contributed by atoms with Crippen molar-refractivity contribution >= 4 is 27.9 Å². The van der Waals surface area contributed by atoms with Crippen LogP contribution in [0.5, 0.6) is 0 Å². The second-order valence-electron chi connectivity index (χ2n) is 5.14. The molecule has 6 heteroatoms. The van der Waals surface area contributed by atoms with Crippen molar-refractivity contribution in [2.45, 2.75) is 25.7 Å². The van der Waals surface area contributed by atoms with Crippen LogP contribution in [0.4, 0.5) is 4.79 Å². The molecule has 0 heterocycles. The molecule has 0 aromatic heterocycles. The third-order valence-electron chi connectivity index (χ3n) is 2.94. The zero-order valence-corrected chi connectivity index (χ0v) is 13.2. The first-order chi connectivity index (χ1) is 9.31. The van der Waals surface area contributed by atoms with Gasteiger partial charge in [0.25, 0.3) is 0 Å². The summed E-state index contributed by atoms with van der Waals surface area (Å²) in [6, 6.07) is 7.59. The largest absolute Gasteiger partial charge is 0.481 e. The number of carboxylic acid groups (broad SMARTS) is 1. The van der Waals surface area contributed by atoms with Crippen LogP contribution < -0.4 is 10.6 Å². The SMILES string of the molecule is CC(C)(CNC(=O)NCCC(=O)O)c1ccc(Br)cc1. The van der Waals surface area contributed by atoms with Crippen LogP contribution in [0, 0.1) is 0 Å². The molecule has 0 saturated carbocycles. The van der Waals surface area contributed by atoms with Crippen molar-refractivity contribution < 1.29 is 14.7 Å². The summed E-state index contributed by atoms with van der Waals surface area (Å²) in [6.07, 6.45) is -0.0798. The van der Waals surface area contributed by atoms with E-state index >= 15 is 0 Å². The van der Waals surface area contributed by atoms with Crippen molar-refractivity contribution in [3.05, 3.63) is 34.3 Å². The van der Waals surface area contributed by atoms with Gasteiger partial charge in [0.15, 0.2) is 0 Å². The van der Waals surface area contributed by atoms with Gasteiger partial charge in [-0.2, -0.15) is 0 Å². The van der Waals surface area contributed by atoms with E-state index < -0.39 is 5.97 Å². The molecule has 0 aliphatic carbocycles. The molecule has 0 atom stereocenters. The molecule has 1 rings (SSSR count). The van der Waals surface area contributed by atoms with Crippen molar-refractivity contribution in [2.75, 3.05) is 13.1 Å². The predicted octanol–water partition coefficient (Wildman–Crippen LogP) is 2.50. The van der Waals surface area contributed by atoms with Crippen molar-refractivity contribution in [3.8, 4) is 0 Å². The average molecular weight is 343 g/mol. The number of carboxylic acids is 1. The summed E-state index contributed by atoms with van der Waals surface area (Å²) in [4.78, 5) is 21.9. The van der Waals surface area contributed by atoms with Gasteiger partial charge in [0.05, 0.1) is 6.42 Å². The second kappa shape index (κ2) is 7.28. The Morgan fingerprint density at radius 3 is 2.35 bits per heavy atom. The zero-order chi connectivity index (χ0) is 15.2. The highest BCUT2D eigenvalue weighted by Crippen LogP contribution is 2.23. The molecule has 0 spiro atoms. The fourth-order valence-corrected chi connectivity index (χ4v) is 1.91. The lowest BCUT2D eigenvalue weighted by Crippen LogP contribution is -2.42. The van der Waals surface area contributed by atoms with E-state index in [-0.39, 0.29) is 24.4 Å². The van der Waals surface area contributed by atoms with Crippen molar-refractivity contribution in [3.63, 3.8) is 0 Å². The maximum absolute atomic E-state index is 11.5. The zero-order valence-electron chi connectivity index (χ0n) is 11.6. The Morgan fingerprint density at radius 2 is 1.80 bits per heavy atom. The fraction of sp³-hybridized carbons (Fsp3) is 0.429. The first kappa shape index (κ1) is 16.5. The van der Waals surface area contributed by atoms with Gasteiger partial charge in [-0.15, -0.1) is 0 Å². The summed E-state index contributed by atoms with van der Waals surface area (Å²) >= 11 is 3.39. The molecule has 0 aliphatic heterocycles. The van der Waals surface area contributed by atoms with Crippen LogP contribution in [-0.2, 0) is 10.2 Å². The minimum atomic E-state index is -0.930. The molecule has 0 fully saturated rings. The summed E-state index contributed by atoms with van der Waals surface area (Å²) in [6.45, 7) is 4.66. The number of urea groups is 1. The summed E-state index contributed by atoms with van der Waals surface area (Å²) in [5.74, 6) is -0.930. The Hall–Kier alpha value is -1.56. The third kappa shape index (κ3) is 5.61. The highest BCUT2D eigenvalue weighted by atomic mass is 79.9. The van der Waals surface area contributed by atoms with Gasteiger partial charge in [-0.05, 0) is 17.7 Å². The van der Waals surface area contributed by atoms with E-state index in [1.54, 1.807) is 0 Å². The minimum absolute atomic E-state index is 0.0798. The number of halogens is 1. The minimum Gasteiger partial charge on any atom is -0.481 e. The number of carbonyl (C=O) groups is 2. The van der Waals surface area contributed by atoms with Crippen LogP contribution in [0.15, 0.2) is 28.7 Å². The van der Waals surface area contributed by atoms with Crippen molar-refractivity contribution in [1.29, 1.82) is 0 Å². The Balaban J connectivity index is 2.44. The highest BCUT2D eigenvalue weighted by Gasteiger charge is 2.21. The maximum Gasteiger partial charge on any atom is 0.314 e. The molecule has 5 nitrogen and oxygen atoms in total. The molecule has 0 unspecified atom stereocenters. The molecule has 2 amide bonds. The van der Waals surface area contributed by atoms with Crippen LogP contribution in [0.3, 0.4) is 0 Å². The van der Waals surface area contributed by atoms with E-state index in [1.165, 1.54) is 0 Å². The number of hydrogen-bond acceptors (Lipinski definition) is 2.